The number of carbonyl (C=O) groups is 5. The average Bonchev–Trinajstić information content (AvgIpc) is 3.19. The van der Waals surface area contributed by atoms with Crippen molar-refractivity contribution in [1.29, 1.82) is 0 Å². The summed E-state index contributed by atoms with van der Waals surface area (Å²) in [5.74, 6) is 1.19. The predicted octanol–water partition coefficient (Wildman–Crippen LogP) is 12.1. The first-order chi connectivity index (χ1) is 30.1. The maximum atomic E-state index is 12.0. The third kappa shape index (κ3) is 29.8. The van der Waals surface area contributed by atoms with Gasteiger partial charge in [0.05, 0.1) is 19.0 Å². The number of phenols is 1. The van der Waals surface area contributed by atoms with Gasteiger partial charge in [0.15, 0.2) is 6.61 Å². The normalized spacial score (nSPS) is 10.4. The number of phenolic OH excluding ortho intramolecular Hbond substituents is 1. The molecule has 2 N–H and O–H groups in total. The molecule has 67 heavy (non-hydrogen) atoms. The van der Waals surface area contributed by atoms with E-state index >= 15 is 0 Å². The minimum atomic E-state index is -0.787. The Morgan fingerprint density at radius 2 is 0.791 bits per heavy atom. The third-order valence-electron chi connectivity index (χ3n) is 8.88. The fourth-order valence-electron chi connectivity index (χ4n) is 5.71. The van der Waals surface area contributed by atoms with Gasteiger partial charge in [0.1, 0.15) is 23.1 Å². The molecule has 0 atom stereocenters. The highest BCUT2D eigenvalue weighted by Gasteiger charge is 2.20. The van der Waals surface area contributed by atoms with Gasteiger partial charge in [0, 0.05) is 0 Å². The number of likely N-dealkylation sites (N-methyl/N-ethyl adjacent to an activating group) is 2. The zero-order valence-electron chi connectivity index (χ0n) is 42.2. The lowest BCUT2D eigenvalue weighted by Crippen LogP contribution is -2.27. The number of nitrogens with zero attached hydrogens (tertiary/aromatic N) is 2. The van der Waals surface area contributed by atoms with Gasteiger partial charge in [-0.15, -0.1) is 48.0 Å². The minimum absolute atomic E-state index is 0. The molecular formula is C50H77Cl5N2O10. The molecule has 0 saturated carbocycles. The standard InChI is InChI=1S/C18H27NO4.C14H19ClO2.C12H18O.C4H9NO2.C2H2Cl2O.2ClH/c1-12(2)14-8-7-9-15(13(3)4)18(14)23-17(21)11-22-16(20)10-19(5)6;1-9(2)11-6-5-7-12(10(3)4)14(11)17-13(16)8-15;1-8(2)10-6-5-7-11(9(3)4)12(10)13;1-5(2)3-4(6)7;3-1-2(4)5;;/h7-9,12-13H,10-11H2,1-6H3;5-7,9-10H,8H2,1-4H3;5-9,13H,1-4H3;3H2,1-2H3,(H,6,7);1H2;2*1H. The second kappa shape index (κ2) is 37.3. The third-order valence-corrected chi connectivity index (χ3v) is 9.61. The Labute approximate surface area is 428 Å². The maximum absolute atomic E-state index is 12.0. The van der Waals surface area contributed by atoms with Crippen LogP contribution in [-0.4, -0.2) is 109 Å². The Morgan fingerprint density at radius 1 is 0.507 bits per heavy atom. The molecule has 17 heteroatoms. The van der Waals surface area contributed by atoms with E-state index in [0.29, 0.717) is 40.9 Å². The number of carbonyl (C=O) groups excluding carboxylic acids is 4. The van der Waals surface area contributed by atoms with Gasteiger partial charge in [0.25, 0.3) is 0 Å². The van der Waals surface area contributed by atoms with Gasteiger partial charge in [-0.1, -0.05) is 138 Å². The maximum Gasteiger partial charge on any atom is 0.349 e. The summed E-state index contributed by atoms with van der Waals surface area (Å²) in [5.41, 5.74) is 6.15. The number of aromatic hydroxyl groups is 1. The zero-order chi connectivity index (χ0) is 50.7. The van der Waals surface area contributed by atoms with Crippen LogP contribution in [0.1, 0.15) is 152 Å². The smallest absolute Gasteiger partial charge is 0.349 e. The monoisotopic (exact) mass is 1040 g/mol. The van der Waals surface area contributed by atoms with Crippen molar-refractivity contribution in [2.75, 3.05) is 59.6 Å². The summed E-state index contributed by atoms with van der Waals surface area (Å²) < 4.78 is 15.8. The number of halogens is 5. The molecule has 0 radical (unpaired) electrons. The van der Waals surface area contributed by atoms with E-state index in [1.165, 1.54) is 0 Å². The van der Waals surface area contributed by atoms with E-state index in [2.05, 4.69) is 55.4 Å². The lowest BCUT2D eigenvalue weighted by atomic mass is 9.94. The Kier molecular flexibility index (Phi) is 38.9. The Hall–Kier alpha value is -3.62. The summed E-state index contributed by atoms with van der Waals surface area (Å²) in [4.78, 5) is 57.4. The SMILES string of the molecule is CC(C)c1cccc(C(C)C)c1O.CC(C)c1cccc(C(C)C)c1OC(=O)CCl.CC(C)c1cccc(C(C)C)c1OC(=O)COC(=O)CN(C)C.CN(C)CC(=O)O.Cl.Cl.O=C(Cl)CCl. The lowest BCUT2D eigenvalue weighted by Gasteiger charge is -2.19. The lowest BCUT2D eigenvalue weighted by molar-refractivity contribution is -0.154. The number of ether oxygens (including phenoxy) is 3. The number of carboxylic acids is 1. The molecule has 0 spiro atoms. The number of esters is 3. The predicted molar refractivity (Wildman–Crippen MR) is 279 cm³/mol. The molecule has 0 unspecified atom stereocenters. The number of rotatable bonds is 16. The van der Waals surface area contributed by atoms with E-state index in [0.717, 1.165) is 33.4 Å². The molecule has 0 bridgehead atoms. The molecule has 0 fully saturated rings. The summed E-state index contributed by atoms with van der Waals surface area (Å²) in [7, 11) is 6.95. The second-order valence-electron chi connectivity index (χ2n) is 17.3. The van der Waals surface area contributed by atoms with Crippen molar-refractivity contribution in [3.63, 3.8) is 0 Å². The van der Waals surface area contributed by atoms with Gasteiger partial charge in [-0.05, 0) is 109 Å². The van der Waals surface area contributed by atoms with Gasteiger partial charge in [-0.3, -0.25) is 29.0 Å². The van der Waals surface area contributed by atoms with Gasteiger partial charge in [-0.2, -0.15) is 0 Å². The topological polar surface area (TPSA) is 160 Å². The molecule has 3 aromatic rings. The van der Waals surface area contributed by atoms with Gasteiger partial charge in [0.2, 0.25) is 5.24 Å². The number of hydrogen-bond donors (Lipinski definition) is 2. The van der Waals surface area contributed by atoms with Crippen LogP contribution in [-0.2, 0) is 28.7 Å². The molecule has 3 rings (SSSR count). The molecule has 382 valence electrons. The van der Waals surface area contributed by atoms with Crippen molar-refractivity contribution < 1.29 is 48.4 Å². The highest BCUT2D eigenvalue weighted by molar-refractivity contribution is 6.67. The Morgan fingerprint density at radius 3 is 1.01 bits per heavy atom. The number of carboxylic acid groups (broad SMARTS) is 1. The number of alkyl halides is 2. The van der Waals surface area contributed by atoms with Crippen LogP contribution in [0, 0.1) is 0 Å². The van der Waals surface area contributed by atoms with Crippen LogP contribution in [0.15, 0.2) is 54.6 Å². The quantitative estimate of drug-likeness (QED) is 0.0606. The molecule has 12 nitrogen and oxygen atoms in total. The van der Waals surface area contributed by atoms with Crippen LogP contribution >= 0.6 is 59.6 Å². The van der Waals surface area contributed by atoms with E-state index in [1.54, 1.807) is 38.0 Å². The molecule has 0 amide bonds. The number of para-hydroxylation sites is 3. The average molecular weight is 1040 g/mol. The molecule has 0 aromatic heterocycles. The fourth-order valence-corrected chi connectivity index (χ4v) is 5.77. The zero-order valence-corrected chi connectivity index (χ0v) is 46.1. The van der Waals surface area contributed by atoms with Gasteiger partial charge in [-0.25, -0.2) is 4.79 Å². The van der Waals surface area contributed by atoms with Crippen molar-refractivity contribution >= 4 is 88.7 Å². The second-order valence-corrected chi connectivity index (χ2v) is 18.3. The Balaban J connectivity index is -0.000000399. The van der Waals surface area contributed by atoms with Crippen molar-refractivity contribution in [2.24, 2.45) is 0 Å². The highest BCUT2D eigenvalue weighted by atomic mass is 35.5. The minimum Gasteiger partial charge on any atom is -0.507 e. The highest BCUT2D eigenvalue weighted by Crippen LogP contribution is 2.36. The van der Waals surface area contributed by atoms with E-state index in [-0.39, 0.29) is 68.1 Å². The summed E-state index contributed by atoms with van der Waals surface area (Å²) in [6.07, 6.45) is 0. The Bertz CT molecular complexity index is 1840. The summed E-state index contributed by atoms with van der Waals surface area (Å²) in [6.45, 7) is 24.8. The van der Waals surface area contributed by atoms with Crippen LogP contribution in [0.4, 0.5) is 0 Å². The number of aliphatic carboxylic acids is 1. The van der Waals surface area contributed by atoms with Crippen LogP contribution in [0.3, 0.4) is 0 Å². The van der Waals surface area contributed by atoms with Crippen molar-refractivity contribution in [2.45, 2.75) is 119 Å². The van der Waals surface area contributed by atoms with E-state index in [9.17, 15) is 29.1 Å². The molecular weight excluding hydrogens is 966 g/mol. The largest absolute Gasteiger partial charge is 0.507 e. The molecule has 3 aromatic carbocycles. The number of benzene rings is 3. The first-order valence-electron chi connectivity index (χ1n) is 21.6. The molecule has 0 heterocycles. The van der Waals surface area contributed by atoms with Crippen molar-refractivity contribution in [3.05, 3.63) is 88.0 Å². The van der Waals surface area contributed by atoms with Crippen molar-refractivity contribution in [3.8, 4) is 17.2 Å². The van der Waals surface area contributed by atoms with E-state index < -0.39 is 29.1 Å². The first kappa shape index (κ1) is 69.9. The number of hydrogen-bond acceptors (Lipinski definition) is 11. The molecule has 0 saturated heterocycles. The first-order valence-corrected chi connectivity index (χ1v) is 23.0. The van der Waals surface area contributed by atoms with Gasteiger partial charge >= 0.3 is 23.9 Å². The summed E-state index contributed by atoms with van der Waals surface area (Å²) in [5, 5.41) is 17.5. The van der Waals surface area contributed by atoms with Crippen LogP contribution in [0.5, 0.6) is 17.2 Å². The van der Waals surface area contributed by atoms with E-state index in [1.807, 2.05) is 82.3 Å². The van der Waals surface area contributed by atoms with Crippen LogP contribution in [0.2, 0.25) is 0 Å². The summed E-state index contributed by atoms with van der Waals surface area (Å²) >= 11 is 15.0. The van der Waals surface area contributed by atoms with Crippen LogP contribution in [0.25, 0.3) is 0 Å². The van der Waals surface area contributed by atoms with Crippen molar-refractivity contribution in [1.82, 2.24) is 9.80 Å². The van der Waals surface area contributed by atoms with E-state index in [4.69, 9.17) is 54.1 Å². The molecule has 0 aliphatic carbocycles. The summed E-state index contributed by atoms with van der Waals surface area (Å²) in [6, 6.07) is 17.9. The van der Waals surface area contributed by atoms with Crippen LogP contribution < -0.4 is 9.47 Å². The fraction of sp³-hybridized carbons (Fsp3) is 0.540. The molecule has 0 aliphatic rings. The van der Waals surface area contributed by atoms with Gasteiger partial charge < -0.3 is 24.4 Å². The molecule has 0 aliphatic heterocycles.